The largest absolute Gasteiger partial charge is 0.465 e. The summed E-state index contributed by atoms with van der Waals surface area (Å²) in [6.07, 6.45) is -0.302. The van der Waals surface area contributed by atoms with E-state index < -0.39 is 15.9 Å². The SMILES string of the molecule is CC[C@H]1COCCN1c1cc(CS(=O)(=O)c2ccccc2)nc(-c2ccc(NC(=O)O)cc2)n1. The van der Waals surface area contributed by atoms with E-state index in [0.717, 1.165) is 6.42 Å². The Balaban J connectivity index is 1.74. The first-order valence-corrected chi connectivity index (χ1v) is 12.6. The lowest BCUT2D eigenvalue weighted by molar-refractivity contribution is 0.0925. The number of rotatable bonds is 7. The number of anilines is 2. The standard InChI is InChI=1S/C24H26N4O5S/c1-2-20-15-33-13-12-28(20)22-14-19(16-34(31,32)21-6-4-3-5-7-21)25-23(27-22)17-8-10-18(11-9-17)26-24(29)30/h3-11,14,20,26H,2,12-13,15-16H2,1H3,(H,29,30)/t20-/m0/s1. The number of carbonyl (C=O) groups is 1. The molecule has 2 N–H and O–H groups in total. The molecule has 2 aromatic carbocycles. The van der Waals surface area contributed by atoms with Gasteiger partial charge in [-0.1, -0.05) is 25.1 Å². The first-order chi connectivity index (χ1) is 16.4. The van der Waals surface area contributed by atoms with Crippen LogP contribution in [-0.4, -0.2) is 55.4 Å². The smallest absolute Gasteiger partial charge is 0.409 e. The average molecular weight is 483 g/mol. The molecule has 178 valence electrons. The first kappa shape index (κ1) is 23.7. The fraction of sp³-hybridized carbons (Fsp3) is 0.292. The predicted molar refractivity (Wildman–Crippen MR) is 129 cm³/mol. The van der Waals surface area contributed by atoms with Crippen LogP contribution in [0.25, 0.3) is 11.4 Å². The maximum atomic E-state index is 13.0. The van der Waals surface area contributed by atoms with Gasteiger partial charge in [-0.25, -0.2) is 23.2 Å². The first-order valence-electron chi connectivity index (χ1n) is 11.0. The highest BCUT2D eigenvalue weighted by atomic mass is 32.2. The highest BCUT2D eigenvalue weighted by molar-refractivity contribution is 7.90. The van der Waals surface area contributed by atoms with Gasteiger partial charge in [0.1, 0.15) is 5.82 Å². The van der Waals surface area contributed by atoms with E-state index in [9.17, 15) is 13.2 Å². The Bertz CT molecular complexity index is 1250. The summed E-state index contributed by atoms with van der Waals surface area (Å²) < 4.78 is 31.7. The zero-order valence-electron chi connectivity index (χ0n) is 18.7. The molecular formula is C24H26N4O5S. The van der Waals surface area contributed by atoms with Gasteiger partial charge in [-0.2, -0.15) is 0 Å². The predicted octanol–water partition coefficient (Wildman–Crippen LogP) is 3.82. The lowest BCUT2D eigenvalue weighted by Crippen LogP contribution is -2.45. The van der Waals surface area contributed by atoms with Crippen LogP contribution in [0.5, 0.6) is 0 Å². The molecule has 0 unspecified atom stereocenters. The number of amides is 1. The van der Waals surface area contributed by atoms with Crippen LogP contribution >= 0.6 is 0 Å². The van der Waals surface area contributed by atoms with Crippen LogP contribution in [0, 0.1) is 0 Å². The van der Waals surface area contributed by atoms with Crippen molar-refractivity contribution in [2.75, 3.05) is 30.0 Å². The lowest BCUT2D eigenvalue weighted by Gasteiger charge is -2.36. The summed E-state index contributed by atoms with van der Waals surface area (Å²) in [6.45, 7) is 3.84. The highest BCUT2D eigenvalue weighted by Gasteiger charge is 2.25. The summed E-state index contributed by atoms with van der Waals surface area (Å²) in [7, 11) is -3.61. The number of hydrogen-bond acceptors (Lipinski definition) is 7. The molecule has 1 amide bonds. The number of nitrogens with zero attached hydrogens (tertiary/aromatic N) is 3. The van der Waals surface area contributed by atoms with Gasteiger partial charge in [0.05, 0.1) is 35.6 Å². The molecule has 0 bridgehead atoms. The fourth-order valence-corrected chi connectivity index (χ4v) is 5.14. The van der Waals surface area contributed by atoms with Gasteiger partial charge >= 0.3 is 6.09 Å². The van der Waals surface area contributed by atoms with Crippen LogP contribution in [0.3, 0.4) is 0 Å². The molecular weight excluding hydrogens is 456 g/mol. The zero-order valence-corrected chi connectivity index (χ0v) is 19.5. The average Bonchev–Trinajstić information content (AvgIpc) is 2.84. The summed E-state index contributed by atoms with van der Waals surface area (Å²) in [4.78, 5) is 22.6. The van der Waals surface area contributed by atoms with Crippen molar-refractivity contribution in [1.29, 1.82) is 0 Å². The van der Waals surface area contributed by atoms with Crippen LogP contribution in [0.1, 0.15) is 19.0 Å². The van der Waals surface area contributed by atoms with Crippen LogP contribution < -0.4 is 10.2 Å². The molecule has 2 heterocycles. The van der Waals surface area contributed by atoms with Crippen LogP contribution in [0.15, 0.2) is 65.6 Å². The number of morpholine rings is 1. The molecule has 1 aliphatic heterocycles. The van der Waals surface area contributed by atoms with Crippen molar-refractivity contribution < 1.29 is 23.1 Å². The minimum atomic E-state index is -3.61. The van der Waals surface area contributed by atoms with Gasteiger partial charge in [-0.05, 0) is 42.8 Å². The molecule has 1 fully saturated rings. The molecule has 0 spiro atoms. The van der Waals surface area contributed by atoms with Gasteiger partial charge in [0, 0.05) is 23.9 Å². The van der Waals surface area contributed by atoms with E-state index in [1.165, 1.54) is 0 Å². The normalized spacial score (nSPS) is 16.3. The van der Waals surface area contributed by atoms with E-state index in [2.05, 4.69) is 22.1 Å². The molecule has 0 saturated carbocycles. The second kappa shape index (κ2) is 10.2. The van der Waals surface area contributed by atoms with E-state index in [0.29, 0.717) is 48.3 Å². The van der Waals surface area contributed by atoms with Gasteiger partial charge in [0.15, 0.2) is 15.7 Å². The highest BCUT2D eigenvalue weighted by Crippen LogP contribution is 2.27. The van der Waals surface area contributed by atoms with Crippen LogP contribution in [0.2, 0.25) is 0 Å². The lowest BCUT2D eigenvalue weighted by atomic mass is 10.1. The minimum Gasteiger partial charge on any atom is -0.465 e. The Morgan fingerprint density at radius 3 is 2.56 bits per heavy atom. The van der Waals surface area contributed by atoms with E-state index in [-0.39, 0.29) is 16.7 Å². The summed E-state index contributed by atoms with van der Waals surface area (Å²) in [6, 6.07) is 16.8. The van der Waals surface area contributed by atoms with Gasteiger partial charge in [0.25, 0.3) is 0 Å². The molecule has 1 saturated heterocycles. The third-order valence-electron chi connectivity index (χ3n) is 5.59. The van der Waals surface area contributed by atoms with Crippen LogP contribution in [0.4, 0.5) is 16.3 Å². The molecule has 10 heteroatoms. The van der Waals surface area contributed by atoms with E-state index in [1.54, 1.807) is 60.7 Å². The number of nitrogens with one attached hydrogen (secondary N) is 1. The fourth-order valence-electron chi connectivity index (χ4n) is 3.86. The third kappa shape index (κ3) is 5.52. The monoisotopic (exact) mass is 482 g/mol. The van der Waals surface area contributed by atoms with Gasteiger partial charge in [-0.3, -0.25) is 5.32 Å². The molecule has 34 heavy (non-hydrogen) atoms. The van der Waals surface area contributed by atoms with Crippen molar-refractivity contribution >= 4 is 27.4 Å². The van der Waals surface area contributed by atoms with Gasteiger partial charge in [0.2, 0.25) is 0 Å². The van der Waals surface area contributed by atoms with Crippen molar-refractivity contribution in [3.63, 3.8) is 0 Å². The van der Waals surface area contributed by atoms with E-state index in [1.807, 2.05) is 0 Å². The molecule has 3 aromatic rings. The summed E-state index contributed by atoms with van der Waals surface area (Å²) in [5.41, 5.74) is 1.45. The van der Waals surface area contributed by atoms with Gasteiger partial charge < -0.3 is 14.7 Å². The summed E-state index contributed by atoms with van der Waals surface area (Å²) >= 11 is 0. The van der Waals surface area contributed by atoms with Crippen molar-refractivity contribution in [1.82, 2.24) is 9.97 Å². The Hall–Kier alpha value is -3.50. The second-order valence-electron chi connectivity index (χ2n) is 7.95. The molecule has 0 radical (unpaired) electrons. The third-order valence-corrected chi connectivity index (χ3v) is 7.26. The van der Waals surface area contributed by atoms with Crippen molar-refractivity contribution in [2.24, 2.45) is 0 Å². The summed E-state index contributed by atoms with van der Waals surface area (Å²) in [5.74, 6) is 0.754. The van der Waals surface area contributed by atoms with Crippen molar-refractivity contribution in [3.05, 3.63) is 66.4 Å². The number of hydrogen-bond donors (Lipinski definition) is 2. The van der Waals surface area contributed by atoms with E-state index >= 15 is 0 Å². The molecule has 1 atom stereocenters. The number of sulfone groups is 1. The van der Waals surface area contributed by atoms with E-state index in [4.69, 9.17) is 14.8 Å². The molecule has 4 rings (SSSR count). The van der Waals surface area contributed by atoms with Crippen molar-refractivity contribution in [3.8, 4) is 11.4 Å². The number of carboxylic acid groups (broad SMARTS) is 1. The Morgan fingerprint density at radius 2 is 1.88 bits per heavy atom. The molecule has 0 aliphatic carbocycles. The second-order valence-corrected chi connectivity index (χ2v) is 9.94. The van der Waals surface area contributed by atoms with Crippen LogP contribution in [-0.2, 0) is 20.3 Å². The molecule has 1 aliphatic rings. The topological polar surface area (TPSA) is 122 Å². The number of benzene rings is 2. The maximum Gasteiger partial charge on any atom is 0.409 e. The van der Waals surface area contributed by atoms with Crippen molar-refractivity contribution in [2.45, 2.75) is 30.0 Å². The Labute approximate surface area is 198 Å². The minimum absolute atomic E-state index is 0.122. The Kier molecular flexibility index (Phi) is 7.09. The number of aromatic nitrogens is 2. The molecule has 1 aromatic heterocycles. The quantitative estimate of drug-likeness (QED) is 0.521. The number of ether oxygens (including phenoxy) is 1. The molecule has 9 nitrogen and oxygen atoms in total. The Morgan fingerprint density at radius 1 is 1.15 bits per heavy atom. The summed E-state index contributed by atoms with van der Waals surface area (Å²) in [5, 5.41) is 11.2. The zero-order chi connectivity index (χ0) is 24.1. The maximum absolute atomic E-state index is 13.0. The van der Waals surface area contributed by atoms with Gasteiger partial charge in [-0.15, -0.1) is 0 Å².